The van der Waals surface area contributed by atoms with Crippen LogP contribution in [0.4, 0.5) is 17.3 Å². The molecule has 0 atom stereocenters. The number of nitrogens with zero attached hydrogens (tertiary/aromatic N) is 3. The topological polar surface area (TPSA) is 55.0 Å². The van der Waals surface area contributed by atoms with Crippen molar-refractivity contribution < 1.29 is 0 Å². The second-order valence-electron chi connectivity index (χ2n) is 4.16. The van der Waals surface area contributed by atoms with Crippen LogP contribution in [-0.4, -0.2) is 16.5 Å². The first-order valence-electron chi connectivity index (χ1n) is 6.21. The number of rotatable bonds is 5. The van der Waals surface area contributed by atoms with E-state index in [1.165, 1.54) is 0 Å². The van der Waals surface area contributed by atoms with Gasteiger partial charge in [0.25, 0.3) is 0 Å². The minimum Gasteiger partial charge on any atom is -0.396 e. The van der Waals surface area contributed by atoms with Gasteiger partial charge in [-0.25, -0.2) is 9.97 Å². The summed E-state index contributed by atoms with van der Waals surface area (Å²) in [5.41, 5.74) is 7.31. The van der Waals surface area contributed by atoms with Gasteiger partial charge in [-0.05, 0) is 18.6 Å². The van der Waals surface area contributed by atoms with E-state index in [2.05, 4.69) is 33.9 Å². The molecule has 0 unspecified atom stereocenters. The van der Waals surface area contributed by atoms with Gasteiger partial charge in [0.05, 0.1) is 18.1 Å². The quantitative estimate of drug-likeness (QED) is 0.875. The third-order valence-corrected chi connectivity index (χ3v) is 2.70. The smallest absolute Gasteiger partial charge is 0.229 e. The second kappa shape index (κ2) is 6.00. The molecule has 2 rings (SSSR count). The maximum Gasteiger partial charge on any atom is 0.229 e. The van der Waals surface area contributed by atoms with Crippen molar-refractivity contribution in [2.75, 3.05) is 17.2 Å². The fourth-order valence-electron chi connectivity index (χ4n) is 1.74. The SMILES string of the molecule is CCCCN(c1ccccc1)c1ncc(N)cn1. The first kappa shape index (κ1) is 12.4. The van der Waals surface area contributed by atoms with Crippen LogP contribution in [0.1, 0.15) is 19.8 Å². The van der Waals surface area contributed by atoms with Gasteiger partial charge in [-0.15, -0.1) is 0 Å². The highest BCUT2D eigenvalue weighted by Gasteiger charge is 2.10. The molecule has 4 nitrogen and oxygen atoms in total. The van der Waals surface area contributed by atoms with E-state index < -0.39 is 0 Å². The molecule has 0 fully saturated rings. The van der Waals surface area contributed by atoms with Crippen molar-refractivity contribution in [1.82, 2.24) is 9.97 Å². The Morgan fingerprint density at radius 2 is 1.78 bits per heavy atom. The van der Waals surface area contributed by atoms with Crippen LogP contribution in [0.5, 0.6) is 0 Å². The standard InChI is InChI=1S/C14H18N4/c1-2-3-9-18(13-7-5-4-6-8-13)14-16-10-12(15)11-17-14/h4-8,10-11H,2-3,9,15H2,1H3. The summed E-state index contributed by atoms with van der Waals surface area (Å²) in [4.78, 5) is 10.7. The molecule has 1 heterocycles. The highest BCUT2D eigenvalue weighted by molar-refractivity contribution is 5.57. The van der Waals surface area contributed by atoms with Gasteiger partial charge in [0, 0.05) is 12.2 Å². The largest absolute Gasteiger partial charge is 0.396 e. The summed E-state index contributed by atoms with van der Waals surface area (Å²) in [6, 6.07) is 10.2. The number of aromatic nitrogens is 2. The molecule has 2 N–H and O–H groups in total. The maximum absolute atomic E-state index is 5.62. The van der Waals surface area contributed by atoms with Crippen molar-refractivity contribution in [1.29, 1.82) is 0 Å². The molecule has 94 valence electrons. The van der Waals surface area contributed by atoms with Gasteiger partial charge in [-0.3, -0.25) is 0 Å². The number of nitrogens with two attached hydrogens (primary N) is 1. The van der Waals surface area contributed by atoms with Crippen LogP contribution in [0.3, 0.4) is 0 Å². The first-order chi connectivity index (χ1) is 8.81. The summed E-state index contributed by atoms with van der Waals surface area (Å²) in [5.74, 6) is 0.698. The fraction of sp³-hybridized carbons (Fsp3) is 0.286. The van der Waals surface area contributed by atoms with E-state index in [4.69, 9.17) is 5.73 Å². The predicted octanol–water partition coefficient (Wildman–Crippen LogP) is 3.00. The Morgan fingerprint density at radius 3 is 2.39 bits per heavy atom. The number of hydrogen-bond donors (Lipinski definition) is 1. The molecule has 0 spiro atoms. The third-order valence-electron chi connectivity index (χ3n) is 2.70. The van der Waals surface area contributed by atoms with E-state index in [1.54, 1.807) is 12.4 Å². The van der Waals surface area contributed by atoms with Gasteiger partial charge in [-0.2, -0.15) is 0 Å². The Kier molecular flexibility index (Phi) is 4.12. The number of anilines is 3. The van der Waals surface area contributed by atoms with Gasteiger partial charge < -0.3 is 10.6 Å². The third kappa shape index (κ3) is 2.97. The molecular weight excluding hydrogens is 224 g/mol. The lowest BCUT2D eigenvalue weighted by Crippen LogP contribution is -2.20. The summed E-state index contributed by atoms with van der Waals surface area (Å²) in [6.07, 6.45) is 5.52. The number of hydrogen-bond acceptors (Lipinski definition) is 4. The van der Waals surface area contributed by atoms with Crippen LogP contribution >= 0.6 is 0 Å². The summed E-state index contributed by atoms with van der Waals surface area (Å²) in [6.45, 7) is 3.08. The minimum absolute atomic E-state index is 0.585. The lowest BCUT2D eigenvalue weighted by atomic mass is 10.2. The van der Waals surface area contributed by atoms with Crippen LogP contribution < -0.4 is 10.6 Å². The van der Waals surface area contributed by atoms with Gasteiger partial charge in [0.15, 0.2) is 0 Å². The predicted molar refractivity (Wildman–Crippen MR) is 74.8 cm³/mol. The molecule has 0 saturated carbocycles. The van der Waals surface area contributed by atoms with Crippen molar-refractivity contribution >= 4 is 17.3 Å². The maximum atomic E-state index is 5.62. The Morgan fingerprint density at radius 1 is 1.11 bits per heavy atom. The van der Waals surface area contributed by atoms with Gasteiger partial charge in [0.1, 0.15) is 0 Å². The zero-order valence-electron chi connectivity index (χ0n) is 10.6. The Labute approximate surface area is 107 Å². The van der Waals surface area contributed by atoms with Crippen LogP contribution in [0.25, 0.3) is 0 Å². The zero-order chi connectivity index (χ0) is 12.8. The Hall–Kier alpha value is -2.10. The second-order valence-corrected chi connectivity index (χ2v) is 4.16. The van der Waals surface area contributed by atoms with Crippen LogP contribution in [0.15, 0.2) is 42.7 Å². The molecule has 0 radical (unpaired) electrons. The number of benzene rings is 1. The molecule has 1 aromatic heterocycles. The first-order valence-corrected chi connectivity index (χ1v) is 6.21. The molecule has 1 aromatic carbocycles. The van der Waals surface area contributed by atoms with Crippen LogP contribution in [0, 0.1) is 0 Å². The molecule has 0 aliphatic heterocycles. The molecule has 4 heteroatoms. The molecule has 0 amide bonds. The lowest BCUT2D eigenvalue weighted by Gasteiger charge is -2.22. The summed E-state index contributed by atoms with van der Waals surface area (Å²) in [5, 5.41) is 0. The zero-order valence-corrected chi connectivity index (χ0v) is 10.6. The van der Waals surface area contributed by atoms with Crippen molar-refractivity contribution in [2.45, 2.75) is 19.8 Å². The van der Waals surface area contributed by atoms with Crippen molar-refractivity contribution in [3.8, 4) is 0 Å². The molecule has 0 aliphatic rings. The van der Waals surface area contributed by atoms with E-state index in [-0.39, 0.29) is 0 Å². The average Bonchev–Trinajstić information content (AvgIpc) is 2.42. The Bertz CT molecular complexity index is 467. The van der Waals surface area contributed by atoms with Gasteiger partial charge in [-0.1, -0.05) is 31.5 Å². The molecular formula is C14H18N4. The van der Waals surface area contributed by atoms with E-state index >= 15 is 0 Å². The van der Waals surface area contributed by atoms with Crippen molar-refractivity contribution in [2.24, 2.45) is 0 Å². The molecule has 2 aromatic rings. The number of para-hydroxylation sites is 1. The molecule has 0 aliphatic carbocycles. The lowest BCUT2D eigenvalue weighted by molar-refractivity contribution is 0.771. The monoisotopic (exact) mass is 242 g/mol. The molecule has 0 bridgehead atoms. The van der Waals surface area contributed by atoms with Gasteiger partial charge >= 0.3 is 0 Å². The van der Waals surface area contributed by atoms with Gasteiger partial charge in [0.2, 0.25) is 5.95 Å². The number of unbranched alkanes of at least 4 members (excludes halogenated alkanes) is 1. The Balaban J connectivity index is 2.27. The van der Waals surface area contributed by atoms with Crippen LogP contribution in [0.2, 0.25) is 0 Å². The van der Waals surface area contributed by atoms with E-state index in [0.29, 0.717) is 11.6 Å². The van der Waals surface area contributed by atoms with E-state index in [1.807, 2.05) is 18.2 Å². The highest BCUT2D eigenvalue weighted by Crippen LogP contribution is 2.22. The van der Waals surface area contributed by atoms with E-state index in [0.717, 1.165) is 25.1 Å². The van der Waals surface area contributed by atoms with Crippen molar-refractivity contribution in [3.05, 3.63) is 42.7 Å². The van der Waals surface area contributed by atoms with Crippen LogP contribution in [-0.2, 0) is 0 Å². The highest BCUT2D eigenvalue weighted by atomic mass is 15.2. The minimum atomic E-state index is 0.585. The average molecular weight is 242 g/mol. The summed E-state index contributed by atoms with van der Waals surface area (Å²) in [7, 11) is 0. The molecule has 18 heavy (non-hydrogen) atoms. The fourth-order valence-corrected chi connectivity index (χ4v) is 1.74. The summed E-state index contributed by atoms with van der Waals surface area (Å²) >= 11 is 0. The molecule has 0 saturated heterocycles. The summed E-state index contributed by atoms with van der Waals surface area (Å²) < 4.78 is 0. The number of nitrogen functional groups attached to an aromatic ring is 1. The van der Waals surface area contributed by atoms with Crippen molar-refractivity contribution in [3.63, 3.8) is 0 Å². The van der Waals surface area contributed by atoms with E-state index in [9.17, 15) is 0 Å². The normalized spacial score (nSPS) is 10.3.